The second-order valence-electron chi connectivity index (χ2n) is 6.28. The van der Waals surface area contributed by atoms with Crippen molar-refractivity contribution in [3.05, 3.63) is 65.5 Å². The monoisotopic (exact) mass is 358 g/mol. The fourth-order valence-electron chi connectivity index (χ4n) is 2.28. The van der Waals surface area contributed by atoms with E-state index < -0.39 is 11.7 Å². The lowest BCUT2D eigenvalue weighted by Crippen LogP contribution is -2.34. The van der Waals surface area contributed by atoms with Gasteiger partial charge in [0.1, 0.15) is 5.82 Å². The number of anilines is 1. The predicted octanol–water partition coefficient (Wildman–Crippen LogP) is 3.46. The van der Waals surface area contributed by atoms with E-state index in [1.165, 1.54) is 23.1 Å². The van der Waals surface area contributed by atoms with Crippen molar-refractivity contribution in [1.82, 2.24) is 4.90 Å². The van der Waals surface area contributed by atoms with Crippen molar-refractivity contribution in [3.63, 3.8) is 0 Å². The van der Waals surface area contributed by atoms with E-state index in [1.807, 2.05) is 26.0 Å². The first kappa shape index (κ1) is 19.6. The van der Waals surface area contributed by atoms with Crippen LogP contribution in [0, 0.1) is 5.82 Å². The molecule has 0 unspecified atom stereocenters. The van der Waals surface area contributed by atoms with Crippen molar-refractivity contribution >= 4 is 17.5 Å². The van der Waals surface area contributed by atoms with Crippen LogP contribution in [0.3, 0.4) is 0 Å². The van der Waals surface area contributed by atoms with Crippen LogP contribution < -0.4 is 5.32 Å². The summed E-state index contributed by atoms with van der Waals surface area (Å²) >= 11 is 0. The predicted molar refractivity (Wildman–Crippen MR) is 98.4 cm³/mol. The molecule has 1 N–H and O–H groups in total. The number of likely N-dealkylation sites (N-methyl/N-ethyl adjacent to an activating group) is 1. The zero-order valence-electron chi connectivity index (χ0n) is 15.2. The van der Waals surface area contributed by atoms with E-state index in [0.29, 0.717) is 17.9 Å². The molecule has 138 valence electrons. The molecular weight excluding hydrogens is 335 g/mol. The molecule has 2 aromatic carbocycles. The van der Waals surface area contributed by atoms with Crippen LogP contribution in [0.5, 0.6) is 0 Å². The maximum atomic E-state index is 13.1. The number of ether oxygens (including phenoxy) is 1. The van der Waals surface area contributed by atoms with Crippen LogP contribution in [0.1, 0.15) is 29.8 Å². The van der Waals surface area contributed by atoms with E-state index in [2.05, 4.69) is 5.32 Å². The number of benzene rings is 2. The number of carbonyl (C=O) groups excluding carboxylic acids is 2. The number of rotatable bonds is 7. The molecule has 0 spiro atoms. The third-order valence-corrected chi connectivity index (χ3v) is 3.62. The standard InChI is InChI=1S/C20H23FN2O3/c1-14(2)26-13-15-7-9-16(10-8-15)20(25)23(3)12-19(24)22-18-6-4-5-17(21)11-18/h4-11,14H,12-13H2,1-3H3,(H,22,24). The summed E-state index contributed by atoms with van der Waals surface area (Å²) in [6, 6.07) is 12.7. The molecule has 2 amide bonds. The topological polar surface area (TPSA) is 58.6 Å². The number of nitrogens with one attached hydrogen (secondary N) is 1. The summed E-state index contributed by atoms with van der Waals surface area (Å²) in [4.78, 5) is 25.8. The van der Waals surface area contributed by atoms with Gasteiger partial charge < -0.3 is 15.0 Å². The van der Waals surface area contributed by atoms with Gasteiger partial charge in [-0.3, -0.25) is 9.59 Å². The average molecular weight is 358 g/mol. The van der Waals surface area contributed by atoms with E-state index >= 15 is 0 Å². The molecule has 0 heterocycles. The van der Waals surface area contributed by atoms with Crippen molar-refractivity contribution in [1.29, 1.82) is 0 Å². The van der Waals surface area contributed by atoms with Crippen LogP contribution in [0.4, 0.5) is 10.1 Å². The molecule has 0 atom stereocenters. The summed E-state index contributed by atoms with van der Waals surface area (Å²) < 4.78 is 18.7. The fourth-order valence-corrected chi connectivity index (χ4v) is 2.28. The Morgan fingerprint density at radius 2 is 1.85 bits per heavy atom. The highest BCUT2D eigenvalue weighted by Gasteiger charge is 2.15. The Hall–Kier alpha value is -2.73. The lowest BCUT2D eigenvalue weighted by atomic mass is 10.1. The Kier molecular flexibility index (Phi) is 6.86. The fraction of sp³-hybridized carbons (Fsp3) is 0.300. The summed E-state index contributed by atoms with van der Waals surface area (Å²) in [6.07, 6.45) is 0.138. The minimum atomic E-state index is -0.436. The zero-order chi connectivity index (χ0) is 19.1. The van der Waals surface area contributed by atoms with Gasteiger partial charge in [-0.1, -0.05) is 18.2 Å². The minimum Gasteiger partial charge on any atom is -0.374 e. The largest absolute Gasteiger partial charge is 0.374 e. The van der Waals surface area contributed by atoms with Crippen LogP contribution in [0.15, 0.2) is 48.5 Å². The number of hydrogen-bond donors (Lipinski definition) is 1. The Bertz CT molecular complexity index is 760. The van der Waals surface area contributed by atoms with Gasteiger partial charge in [0.2, 0.25) is 5.91 Å². The number of hydrogen-bond acceptors (Lipinski definition) is 3. The van der Waals surface area contributed by atoms with E-state index in [9.17, 15) is 14.0 Å². The lowest BCUT2D eigenvalue weighted by Gasteiger charge is -2.17. The molecule has 26 heavy (non-hydrogen) atoms. The van der Waals surface area contributed by atoms with Crippen molar-refractivity contribution < 1.29 is 18.7 Å². The van der Waals surface area contributed by atoms with Gasteiger partial charge in [-0.25, -0.2) is 4.39 Å². The third-order valence-electron chi connectivity index (χ3n) is 3.62. The van der Waals surface area contributed by atoms with Gasteiger partial charge in [0, 0.05) is 18.3 Å². The molecule has 2 aromatic rings. The zero-order valence-corrected chi connectivity index (χ0v) is 15.2. The Morgan fingerprint density at radius 3 is 2.46 bits per heavy atom. The Balaban J connectivity index is 1.91. The molecule has 0 aliphatic heterocycles. The van der Waals surface area contributed by atoms with Crippen molar-refractivity contribution in [2.24, 2.45) is 0 Å². The number of amides is 2. The molecular formula is C20H23FN2O3. The maximum absolute atomic E-state index is 13.1. The van der Waals surface area contributed by atoms with Gasteiger partial charge in [-0.05, 0) is 49.7 Å². The van der Waals surface area contributed by atoms with Crippen LogP contribution in [-0.4, -0.2) is 36.4 Å². The molecule has 0 aliphatic carbocycles. The van der Waals surface area contributed by atoms with E-state index in [0.717, 1.165) is 5.56 Å². The summed E-state index contributed by atoms with van der Waals surface area (Å²) in [5.74, 6) is -1.10. The number of nitrogens with zero attached hydrogens (tertiary/aromatic N) is 1. The summed E-state index contributed by atoms with van der Waals surface area (Å²) in [5, 5.41) is 2.57. The highest BCUT2D eigenvalue weighted by Crippen LogP contribution is 2.11. The lowest BCUT2D eigenvalue weighted by molar-refractivity contribution is -0.116. The SMILES string of the molecule is CC(C)OCc1ccc(C(=O)N(C)CC(=O)Nc2cccc(F)c2)cc1. The smallest absolute Gasteiger partial charge is 0.254 e. The van der Waals surface area contributed by atoms with Crippen LogP contribution in [0.25, 0.3) is 0 Å². The second kappa shape index (κ2) is 9.10. The highest BCUT2D eigenvalue weighted by molar-refractivity contribution is 5.99. The normalized spacial score (nSPS) is 10.7. The molecule has 0 radical (unpaired) electrons. The van der Waals surface area contributed by atoms with Crippen molar-refractivity contribution in [2.75, 3.05) is 18.9 Å². The Morgan fingerprint density at radius 1 is 1.15 bits per heavy atom. The van der Waals surface area contributed by atoms with E-state index in [-0.39, 0.29) is 18.6 Å². The molecule has 0 aliphatic rings. The summed E-state index contributed by atoms with van der Waals surface area (Å²) in [6.45, 7) is 4.27. The van der Waals surface area contributed by atoms with Crippen LogP contribution in [0.2, 0.25) is 0 Å². The first-order valence-corrected chi connectivity index (χ1v) is 8.36. The quantitative estimate of drug-likeness (QED) is 0.825. The van der Waals surface area contributed by atoms with Gasteiger partial charge >= 0.3 is 0 Å². The van der Waals surface area contributed by atoms with Gasteiger partial charge in [-0.15, -0.1) is 0 Å². The third kappa shape index (κ3) is 5.97. The van der Waals surface area contributed by atoms with Crippen molar-refractivity contribution in [2.45, 2.75) is 26.6 Å². The van der Waals surface area contributed by atoms with Crippen molar-refractivity contribution in [3.8, 4) is 0 Å². The van der Waals surface area contributed by atoms with Crippen LogP contribution >= 0.6 is 0 Å². The molecule has 0 saturated carbocycles. The summed E-state index contributed by atoms with van der Waals surface area (Å²) in [7, 11) is 1.54. The molecule has 0 saturated heterocycles. The van der Waals surface area contributed by atoms with E-state index in [1.54, 1.807) is 25.2 Å². The molecule has 0 aromatic heterocycles. The first-order valence-electron chi connectivity index (χ1n) is 8.36. The molecule has 2 rings (SSSR count). The van der Waals surface area contributed by atoms with Gasteiger partial charge in [-0.2, -0.15) is 0 Å². The summed E-state index contributed by atoms with van der Waals surface area (Å²) in [5.41, 5.74) is 1.81. The molecule has 0 fully saturated rings. The van der Waals surface area contributed by atoms with Gasteiger partial charge in [0.15, 0.2) is 0 Å². The minimum absolute atomic E-state index is 0.131. The maximum Gasteiger partial charge on any atom is 0.254 e. The average Bonchev–Trinajstić information content (AvgIpc) is 2.59. The molecule has 0 bridgehead atoms. The second-order valence-corrected chi connectivity index (χ2v) is 6.28. The first-order chi connectivity index (χ1) is 12.3. The van der Waals surface area contributed by atoms with E-state index in [4.69, 9.17) is 4.74 Å². The number of carbonyl (C=O) groups is 2. The molecule has 6 heteroatoms. The number of halogens is 1. The molecule has 5 nitrogen and oxygen atoms in total. The Labute approximate surface area is 152 Å². The highest BCUT2D eigenvalue weighted by atomic mass is 19.1. The van der Waals surface area contributed by atoms with Gasteiger partial charge in [0.25, 0.3) is 5.91 Å². The van der Waals surface area contributed by atoms with Gasteiger partial charge in [0.05, 0.1) is 19.3 Å². The van der Waals surface area contributed by atoms with Crippen LogP contribution in [-0.2, 0) is 16.1 Å².